The third-order valence-electron chi connectivity index (χ3n) is 17.3. The molecule has 0 aliphatic rings. The van der Waals surface area contributed by atoms with Crippen molar-refractivity contribution in [3.63, 3.8) is 0 Å². The summed E-state index contributed by atoms with van der Waals surface area (Å²) in [6, 6.07) is 0. The molecule has 552 valence electrons. The van der Waals surface area contributed by atoms with Gasteiger partial charge in [-0.2, -0.15) is 0 Å². The number of esters is 4. The van der Waals surface area contributed by atoms with Gasteiger partial charge in [-0.05, 0) is 31.6 Å². The molecule has 0 radical (unpaired) electrons. The zero-order valence-electron chi connectivity index (χ0n) is 60.4. The standard InChI is InChI=1S/C74H144O17P2/c1-6-9-12-15-18-21-23-25-27-28-29-30-31-32-34-36-38-44-49-54-59-73(78)90-70(64-85-72(77)58-53-48-43-37-35-33-26-24-22-19-16-13-10-7-2)66-89-93(82,83)87-62-68(75)61-86-92(80,81)88-65-69(63-84-71(76)57-52-47-42-20-17-14-11-8-3)91-74(79)60-55-50-45-40-39-41-46-51-56-67(4)5/h67-70,75H,6-66H2,1-5H3,(H,80,81)(H,82,83)/t68-,69+,70+/m0/s1. The van der Waals surface area contributed by atoms with Gasteiger partial charge in [0.2, 0.25) is 0 Å². The zero-order chi connectivity index (χ0) is 68.4. The lowest BCUT2D eigenvalue weighted by Crippen LogP contribution is -2.30. The van der Waals surface area contributed by atoms with Crippen LogP contribution in [0.5, 0.6) is 0 Å². The van der Waals surface area contributed by atoms with Crippen molar-refractivity contribution in [1.29, 1.82) is 0 Å². The molecule has 3 N–H and O–H groups in total. The van der Waals surface area contributed by atoms with Gasteiger partial charge in [0.25, 0.3) is 0 Å². The minimum Gasteiger partial charge on any atom is -0.462 e. The first-order valence-corrected chi connectivity index (χ1v) is 41.6. The number of aliphatic hydroxyl groups is 1. The third kappa shape index (κ3) is 68.4. The zero-order valence-corrected chi connectivity index (χ0v) is 62.2. The predicted molar refractivity (Wildman–Crippen MR) is 377 cm³/mol. The van der Waals surface area contributed by atoms with Crippen LogP contribution in [0.2, 0.25) is 0 Å². The average molecular weight is 1370 g/mol. The fourth-order valence-corrected chi connectivity index (χ4v) is 12.9. The first kappa shape index (κ1) is 91.1. The highest BCUT2D eigenvalue weighted by Gasteiger charge is 2.30. The van der Waals surface area contributed by atoms with E-state index in [-0.39, 0.29) is 25.7 Å². The maximum atomic E-state index is 13.1. The van der Waals surface area contributed by atoms with Crippen molar-refractivity contribution in [2.45, 2.75) is 406 Å². The first-order chi connectivity index (χ1) is 45.0. The first-order valence-electron chi connectivity index (χ1n) is 38.6. The van der Waals surface area contributed by atoms with Crippen molar-refractivity contribution in [2.24, 2.45) is 5.92 Å². The lowest BCUT2D eigenvalue weighted by atomic mass is 10.0. The quantitative estimate of drug-likeness (QED) is 0.0222. The number of phosphoric ester groups is 2. The van der Waals surface area contributed by atoms with Gasteiger partial charge in [0.15, 0.2) is 12.2 Å². The van der Waals surface area contributed by atoms with Crippen molar-refractivity contribution >= 4 is 39.5 Å². The second-order valence-corrected chi connectivity index (χ2v) is 30.1. The van der Waals surface area contributed by atoms with Crippen LogP contribution in [-0.2, 0) is 65.4 Å². The second kappa shape index (κ2) is 67.3. The van der Waals surface area contributed by atoms with Gasteiger partial charge in [0.05, 0.1) is 26.4 Å². The summed E-state index contributed by atoms with van der Waals surface area (Å²) in [5.74, 6) is -1.40. The van der Waals surface area contributed by atoms with Gasteiger partial charge in [-0.15, -0.1) is 0 Å². The Morgan fingerprint density at radius 1 is 0.290 bits per heavy atom. The molecule has 5 atom stereocenters. The van der Waals surface area contributed by atoms with Crippen molar-refractivity contribution in [1.82, 2.24) is 0 Å². The molecule has 17 nitrogen and oxygen atoms in total. The van der Waals surface area contributed by atoms with Crippen LogP contribution in [0.25, 0.3) is 0 Å². The van der Waals surface area contributed by atoms with E-state index in [9.17, 15) is 43.2 Å². The Morgan fingerprint density at radius 3 is 0.731 bits per heavy atom. The van der Waals surface area contributed by atoms with E-state index in [1.807, 2.05) is 0 Å². The van der Waals surface area contributed by atoms with Crippen LogP contribution in [0.4, 0.5) is 0 Å². The molecule has 0 saturated heterocycles. The van der Waals surface area contributed by atoms with E-state index >= 15 is 0 Å². The monoisotopic (exact) mass is 1370 g/mol. The summed E-state index contributed by atoms with van der Waals surface area (Å²) in [4.78, 5) is 72.6. The van der Waals surface area contributed by atoms with Crippen LogP contribution < -0.4 is 0 Å². The molecule has 0 aromatic rings. The molecule has 0 heterocycles. The molecular formula is C74H144O17P2. The average Bonchev–Trinajstić information content (AvgIpc) is 2.73. The Balaban J connectivity index is 5.18. The fourth-order valence-electron chi connectivity index (χ4n) is 11.4. The molecule has 0 spiro atoms. The van der Waals surface area contributed by atoms with E-state index < -0.39 is 97.5 Å². The number of unbranched alkanes of at least 4 members (excludes halogenated alkanes) is 46. The molecule has 0 fully saturated rings. The Bertz CT molecular complexity index is 1790. The highest BCUT2D eigenvalue weighted by molar-refractivity contribution is 7.47. The lowest BCUT2D eigenvalue weighted by molar-refractivity contribution is -0.161. The molecule has 0 aliphatic heterocycles. The normalized spacial score (nSPS) is 14.0. The van der Waals surface area contributed by atoms with E-state index in [1.165, 1.54) is 205 Å². The molecule has 0 bridgehead atoms. The number of rotatable bonds is 74. The van der Waals surface area contributed by atoms with E-state index in [4.69, 9.17) is 37.0 Å². The molecule has 2 unspecified atom stereocenters. The van der Waals surface area contributed by atoms with Crippen molar-refractivity contribution in [3.8, 4) is 0 Å². The Morgan fingerprint density at radius 2 is 0.495 bits per heavy atom. The number of aliphatic hydroxyl groups excluding tert-OH is 1. The minimum absolute atomic E-state index is 0.105. The highest BCUT2D eigenvalue weighted by atomic mass is 31.2. The van der Waals surface area contributed by atoms with Crippen LogP contribution >= 0.6 is 15.6 Å². The van der Waals surface area contributed by atoms with Gasteiger partial charge in [-0.25, -0.2) is 9.13 Å². The summed E-state index contributed by atoms with van der Waals surface area (Å²) in [7, 11) is -9.90. The molecule has 0 saturated carbocycles. The van der Waals surface area contributed by atoms with E-state index in [2.05, 4.69) is 34.6 Å². The summed E-state index contributed by atoms with van der Waals surface area (Å²) in [5.41, 5.74) is 0. The van der Waals surface area contributed by atoms with Gasteiger partial charge in [0.1, 0.15) is 19.3 Å². The number of carbonyl (C=O) groups is 4. The van der Waals surface area contributed by atoms with E-state index in [0.29, 0.717) is 25.7 Å². The molecular weight excluding hydrogens is 1220 g/mol. The Kier molecular flexibility index (Phi) is 65.9. The van der Waals surface area contributed by atoms with E-state index in [0.717, 1.165) is 102 Å². The second-order valence-electron chi connectivity index (χ2n) is 27.2. The number of hydrogen-bond donors (Lipinski definition) is 3. The third-order valence-corrected chi connectivity index (χ3v) is 19.2. The summed E-state index contributed by atoms with van der Waals surface area (Å²) in [6.45, 7) is 7.21. The van der Waals surface area contributed by atoms with Gasteiger partial charge in [-0.3, -0.25) is 37.3 Å². The van der Waals surface area contributed by atoms with Crippen LogP contribution in [-0.4, -0.2) is 96.7 Å². The topological polar surface area (TPSA) is 237 Å². The van der Waals surface area contributed by atoms with E-state index in [1.54, 1.807) is 0 Å². The molecule has 93 heavy (non-hydrogen) atoms. The molecule has 0 amide bonds. The largest absolute Gasteiger partial charge is 0.472 e. The number of ether oxygens (including phenoxy) is 4. The van der Waals surface area contributed by atoms with Crippen LogP contribution in [0.3, 0.4) is 0 Å². The summed E-state index contributed by atoms with van der Waals surface area (Å²) < 4.78 is 68.4. The molecule has 19 heteroatoms. The van der Waals surface area contributed by atoms with Crippen molar-refractivity contribution in [3.05, 3.63) is 0 Å². The Hall–Kier alpha value is -1.94. The summed E-state index contributed by atoms with van der Waals surface area (Å²) in [6.07, 6.45) is 55.7. The van der Waals surface area contributed by atoms with Gasteiger partial charge in [0, 0.05) is 25.7 Å². The number of carbonyl (C=O) groups excluding carboxylic acids is 4. The van der Waals surface area contributed by atoms with Crippen LogP contribution in [0.1, 0.15) is 388 Å². The smallest absolute Gasteiger partial charge is 0.462 e. The number of phosphoric acid groups is 2. The molecule has 0 aromatic carbocycles. The molecule has 0 aliphatic carbocycles. The van der Waals surface area contributed by atoms with Gasteiger partial charge < -0.3 is 33.8 Å². The predicted octanol–water partition coefficient (Wildman–Crippen LogP) is 21.7. The molecule has 0 rings (SSSR count). The maximum absolute atomic E-state index is 13.1. The van der Waals surface area contributed by atoms with Gasteiger partial charge >= 0.3 is 39.5 Å². The van der Waals surface area contributed by atoms with Crippen molar-refractivity contribution < 1.29 is 80.2 Å². The summed E-state index contributed by atoms with van der Waals surface area (Å²) in [5, 5.41) is 10.6. The number of hydrogen-bond acceptors (Lipinski definition) is 15. The van der Waals surface area contributed by atoms with Crippen LogP contribution in [0.15, 0.2) is 0 Å². The maximum Gasteiger partial charge on any atom is 0.472 e. The minimum atomic E-state index is -4.95. The highest BCUT2D eigenvalue weighted by Crippen LogP contribution is 2.45. The molecule has 0 aromatic heterocycles. The summed E-state index contributed by atoms with van der Waals surface area (Å²) >= 11 is 0. The van der Waals surface area contributed by atoms with Crippen LogP contribution in [0, 0.1) is 5.92 Å². The lowest BCUT2D eigenvalue weighted by Gasteiger charge is -2.21. The van der Waals surface area contributed by atoms with Gasteiger partial charge in [-0.1, -0.05) is 336 Å². The Labute approximate surface area is 568 Å². The fraction of sp³-hybridized carbons (Fsp3) is 0.946. The SMILES string of the molecule is CCCCCCCCCCCCCCCCCCCCCCC(=O)O[C@H](COC(=O)CCCCCCCCCCCCCCCC)COP(=O)(O)OC[C@@H](O)COP(=O)(O)OC[C@@H](COC(=O)CCCCCCCCCC)OC(=O)CCCCCCCCCCC(C)C. The van der Waals surface area contributed by atoms with Crippen molar-refractivity contribution in [2.75, 3.05) is 39.6 Å².